The van der Waals surface area contributed by atoms with Crippen LogP contribution < -0.4 is 5.32 Å². The standard InChI is InChI=1S/C16H12ClN7O.H2S/c1-10(23-16(25)12-4-13(17)8-19-7-12)15-21-9-22-24(15)14-3-2-11(5-18)6-20-14;/h2-4,6-10H,1H3,(H,23,25);1H2/t10-;/m0./s1. The van der Waals surface area contributed by atoms with Gasteiger partial charge in [0.2, 0.25) is 0 Å². The van der Waals surface area contributed by atoms with E-state index < -0.39 is 6.04 Å². The Morgan fingerprint density at radius 2 is 2.12 bits per heavy atom. The average Bonchev–Trinajstić information content (AvgIpc) is 3.11. The van der Waals surface area contributed by atoms with Crippen LogP contribution in [0.5, 0.6) is 0 Å². The summed E-state index contributed by atoms with van der Waals surface area (Å²) in [6, 6.07) is 6.39. The van der Waals surface area contributed by atoms with Crippen molar-refractivity contribution in [2.24, 2.45) is 0 Å². The van der Waals surface area contributed by atoms with Gasteiger partial charge in [-0.2, -0.15) is 28.5 Å². The molecule has 132 valence electrons. The topological polar surface area (TPSA) is 109 Å². The largest absolute Gasteiger partial charge is 0.342 e. The van der Waals surface area contributed by atoms with Crippen molar-refractivity contribution < 1.29 is 4.79 Å². The normalized spacial score (nSPS) is 11.1. The van der Waals surface area contributed by atoms with Crippen molar-refractivity contribution in [2.75, 3.05) is 0 Å². The van der Waals surface area contributed by atoms with Crippen molar-refractivity contribution in [3.8, 4) is 11.9 Å². The van der Waals surface area contributed by atoms with Gasteiger partial charge in [-0.05, 0) is 25.1 Å². The highest BCUT2D eigenvalue weighted by Gasteiger charge is 2.18. The molecule has 0 aliphatic carbocycles. The first-order chi connectivity index (χ1) is 12.1. The number of hydrogen-bond donors (Lipinski definition) is 1. The number of pyridine rings is 2. The maximum atomic E-state index is 12.3. The zero-order valence-corrected chi connectivity index (χ0v) is 15.3. The van der Waals surface area contributed by atoms with Gasteiger partial charge in [0.1, 0.15) is 12.4 Å². The molecule has 3 aromatic heterocycles. The number of carbonyl (C=O) groups is 1. The Bertz CT molecular complexity index is 952. The van der Waals surface area contributed by atoms with Crippen molar-refractivity contribution in [3.05, 3.63) is 65.1 Å². The molecule has 10 heteroatoms. The van der Waals surface area contributed by atoms with Crippen LogP contribution in [0.4, 0.5) is 0 Å². The van der Waals surface area contributed by atoms with Crippen molar-refractivity contribution in [3.63, 3.8) is 0 Å². The molecule has 0 aliphatic rings. The first-order valence-electron chi connectivity index (χ1n) is 7.26. The smallest absolute Gasteiger partial charge is 0.253 e. The Morgan fingerprint density at radius 1 is 1.31 bits per heavy atom. The predicted octanol–water partition coefficient (Wildman–Crippen LogP) is 2.19. The van der Waals surface area contributed by atoms with Crippen LogP contribution >= 0.6 is 25.1 Å². The molecule has 0 fully saturated rings. The second kappa shape index (κ2) is 8.42. The Labute approximate surface area is 161 Å². The van der Waals surface area contributed by atoms with Crippen LogP contribution in [0.25, 0.3) is 5.82 Å². The Balaban J connectivity index is 0.00000243. The Kier molecular flexibility index (Phi) is 6.27. The average molecular weight is 388 g/mol. The molecule has 0 spiro atoms. The molecule has 3 heterocycles. The molecular formula is C16H14ClN7OS. The number of rotatable bonds is 4. The third-order valence-electron chi connectivity index (χ3n) is 3.37. The summed E-state index contributed by atoms with van der Waals surface area (Å²) in [7, 11) is 0. The van der Waals surface area contributed by atoms with E-state index in [4.69, 9.17) is 16.9 Å². The first-order valence-corrected chi connectivity index (χ1v) is 7.64. The van der Waals surface area contributed by atoms with Crippen molar-refractivity contribution in [2.45, 2.75) is 13.0 Å². The maximum absolute atomic E-state index is 12.3. The van der Waals surface area contributed by atoms with E-state index in [1.807, 2.05) is 6.07 Å². The van der Waals surface area contributed by atoms with E-state index in [1.54, 1.807) is 19.1 Å². The molecule has 0 unspecified atom stereocenters. The Morgan fingerprint density at radius 3 is 2.77 bits per heavy atom. The van der Waals surface area contributed by atoms with E-state index in [0.29, 0.717) is 27.8 Å². The summed E-state index contributed by atoms with van der Waals surface area (Å²) in [6.45, 7) is 1.78. The van der Waals surface area contributed by atoms with Gasteiger partial charge in [-0.15, -0.1) is 0 Å². The minimum absolute atomic E-state index is 0. The minimum atomic E-state index is -0.438. The molecular weight excluding hydrogens is 374 g/mol. The summed E-state index contributed by atoms with van der Waals surface area (Å²) in [5.74, 6) is 0.669. The fraction of sp³-hybridized carbons (Fsp3) is 0.125. The van der Waals surface area contributed by atoms with Crippen molar-refractivity contribution >= 4 is 31.0 Å². The van der Waals surface area contributed by atoms with E-state index in [0.717, 1.165) is 0 Å². The number of nitriles is 1. The van der Waals surface area contributed by atoms with Gasteiger partial charge in [0.05, 0.1) is 22.2 Å². The number of amides is 1. The van der Waals surface area contributed by atoms with E-state index in [2.05, 4.69) is 25.4 Å². The second-order valence-electron chi connectivity index (χ2n) is 5.13. The van der Waals surface area contributed by atoms with Crippen LogP contribution in [0, 0.1) is 11.3 Å². The Hall–Kier alpha value is -2.96. The van der Waals surface area contributed by atoms with Crippen LogP contribution in [0.15, 0.2) is 43.1 Å². The van der Waals surface area contributed by atoms with E-state index in [9.17, 15) is 4.79 Å². The summed E-state index contributed by atoms with van der Waals surface area (Å²) in [6.07, 6.45) is 5.70. The lowest BCUT2D eigenvalue weighted by Crippen LogP contribution is -2.29. The fourth-order valence-corrected chi connectivity index (χ4v) is 2.35. The summed E-state index contributed by atoms with van der Waals surface area (Å²) in [5, 5.41) is 16.2. The van der Waals surface area contributed by atoms with E-state index in [1.165, 1.54) is 35.7 Å². The molecule has 3 rings (SSSR count). The highest BCUT2D eigenvalue weighted by atomic mass is 35.5. The fourth-order valence-electron chi connectivity index (χ4n) is 2.18. The van der Waals surface area contributed by atoms with Gasteiger partial charge < -0.3 is 5.32 Å². The molecule has 0 aliphatic heterocycles. The SMILES string of the molecule is C[C@H](NC(=O)c1cncc(Cl)c1)c1ncnn1-c1ccc(C#N)cn1.S. The lowest BCUT2D eigenvalue weighted by atomic mass is 10.2. The van der Waals surface area contributed by atoms with Gasteiger partial charge in [0.25, 0.3) is 5.91 Å². The van der Waals surface area contributed by atoms with Crippen molar-refractivity contribution in [1.29, 1.82) is 5.26 Å². The predicted molar refractivity (Wildman–Crippen MR) is 99.4 cm³/mol. The maximum Gasteiger partial charge on any atom is 0.253 e. The molecule has 1 N–H and O–H groups in total. The molecule has 0 radical (unpaired) electrons. The summed E-state index contributed by atoms with van der Waals surface area (Å²) < 4.78 is 1.50. The summed E-state index contributed by atoms with van der Waals surface area (Å²) in [5.41, 5.74) is 0.794. The molecule has 1 atom stereocenters. The van der Waals surface area contributed by atoms with Gasteiger partial charge >= 0.3 is 0 Å². The monoisotopic (exact) mass is 387 g/mol. The number of halogens is 1. The van der Waals surface area contributed by atoms with Crippen LogP contribution in [-0.2, 0) is 0 Å². The third-order valence-corrected chi connectivity index (χ3v) is 3.58. The highest BCUT2D eigenvalue weighted by molar-refractivity contribution is 7.59. The van der Waals surface area contributed by atoms with Crippen molar-refractivity contribution in [1.82, 2.24) is 30.0 Å². The second-order valence-corrected chi connectivity index (χ2v) is 5.57. The highest BCUT2D eigenvalue weighted by Crippen LogP contribution is 2.15. The molecule has 8 nitrogen and oxygen atoms in total. The molecule has 26 heavy (non-hydrogen) atoms. The van der Waals surface area contributed by atoms with E-state index in [-0.39, 0.29) is 19.4 Å². The van der Waals surface area contributed by atoms with E-state index >= 15 is 0 Å². The lowest BCUT2D eigenvalue weighted by molar-refractivity contribution is 0.0937. The van der Waals surface area contributed by atoms with Crippen LogP contribution in [0.3, 0.4) is 0 Å². The lowest BCUT2D eigenvalue weighted by Gasteiger charge is -2.14. The summed E-state index contributed by atoms with van der Waals surface area (Å²) >= 11 is 5.85. The number of hydrogen-bond acceptors (Lipinski definition) is 6. The zero-order valence-electron chi connectivity index (χ0n) is 13.6. The summed E-state index contributed by atoms with van der Waals surface area (Å²) in [4.78, 5) is 24.6. The first kappa shape index (κ1) is 19.4. The molecule has 0 saturated heterocycles. The third kappa shape index (κ3) is 4.17. The van der Waals surface area contributed by atoms with Crippen LogP contribution in [-0.4, -0.2) is 30.6 Å². The number of carbonyl (C=O) groups excluding carboxylic acids is 1. The molecule has 3 aromatic rings. The van der Waals surface area contributed by atoms with Gasteiger partial charge in [0.15, 0.2) is 11.6 Å². The molecule has 0 saturated carbocycles. The molecule has 0 bridgehead atoms. The number of nitrogens with zero attached hydrogens (tertiary/aromatic N) is 6. The molecule has 0 aromatic carbocycles. The number of aromatic nitrogens is 5. The van der Waals surface area contributed by atoms with Gasteiger partial charge in [-0.3, -0.25) is 9.78 Å². The minimum Gasteiger partial charge on any atom is -0.342 e. The quantitative estimate of drug-likeness (QED) is 0.734. The molecule has 1 amide bonds. The zero-order chi connectivity index (χ0) is 17.8. The van der Waals surface area contributed by atoms with Gasteiger partial charge in [-0.25, -0.2) is 9.97 Å². The van der Waals surface area contributed by atoms with Crippen LogP contribution in [0.2, 0.25) is 5.02 Å². The van der Waals surface area contributed by atoms with Gasteiger partial charge in [0, 0.05) is 18.6 Å². The van der Waals surface area contributed by atoms with Gasteiger partial charge in [-0.1, -0.05) is 11.6 Å². The number of nitrogens with one attached hydrogen (secondary N) is 1. The van der Waals surface area contributed by atoms with Crippen LogP contribution in [0.1, 0.15) is 34.7 Å².